The molecule has 2 heterocycles. The molecule has 7 nitrogen and oxygen atoms in total. The van der Waals surface area contributed by atoms with Gasteiger partial charge in [0, 0.05) is 16.3 Å². The number of amides is 1. The molecule has 2 aromatic rings. The molecule has 3 rings (SSSR count). The number of nitrogens with zero attached hydrogens (tertiary/aromatic N) is 2. The highest BCUT2D eigenvalue weighted by molar-refractivity contribution is 7.17. The number of esters is 1. The van der Waals surface area contributed by atoms with E-state index < -0.39 is 17.7 Å². The van der Waals surface area contributed by atoms with Crippen molar-refractivity contribution >= 4 is 28.2 Å². The first-order valence-electron chi connectivity index (χ1n) is 8.94. The second kappa shape index (κ2) is 7.64. The summed E-state index contributed by atoms with van der Waals surface area (Å²) in [5.41, 5.74) is 2.23. The average Bonchev–Trinajstić information content (AvgIpc) is 2.97. The van der Waals surface area contributed by atoms with E-state index in [0.29, 0.717) is 22.0 Å². The van der Waals surface area contributed by atoms with Gasteiger partial charge in [-0.1, -0.05) is 0 Å². The topological polar surface area (TPSA) is 90.3 Å². The van der Waals surface area contributed by atoms with Gasteiger partial charge in [0.1, 0.15) is 11.0 Å². The van der Waals surface area contributed by atoms with Crippen molar-refractivity contribution < 1.29 is 14.3 Å². The maximum absolute atomic E-state index is 12.8. The molecule has 0 saturated heterocycles. The van der Waals surface area contributed by atoms with Crippen molar-refractivity contribution in [3.8, 4) is 0 Å². The van der Waals surface area contributed by atoms with Crippen molar-refractivity contribution in [3.05, 3.63) is 43.9 Å². The summed E-state index contributed by atoms with van der Waals surface area (Å²) in [5.74, 6) is -0.808. The molecule has 0 aliphatic heterocycles. The zero-order valence-electron chi connectivity index (χ0n) is 15.9. The van der Waals surface area contributed by atoms with E-state index in [2.05, 4.69) is 10.3 Å². The summed E-state index contributed by atoms with van der Waals surface area (Å²) in [6, 6.07) is 1.00. The second-order valence-electron chi connectivity index (χ2n) is 6.76. The maximum atomic E-state index is 12.8. The smallest absolute Gasteiger partial charge is 0.348 e. The molecule has 1 amide bonds. The molecule has 1 aliphatic carbocycles. The molecule has 1 aliphatic rings. The number of ether oxygens (including phenoxy) is 1. The molecule has 0 spiro atoms. The number of anilines is 1. The molecule has 2 aromatic heterocycles. The van der Waals surface area contributed by atoms with Gasteiger partial charge in [0.05, 0.1) is 12.7 Å². The van der Waals surface area contributed by atoms with Crippen molar-refractivity contribution in [2.24, 2.45) is 0 Å². The number of rotatable bonds is 4. The first kappa shape index (κ1) is 19.3. The van der Waals surface area contributed by atoms with Crippen LogP contribution in [0.2, 0.25) is 0 Å². The number of carbonyl (C=O) groups is 2. The Kier molecular flexibility index (Phi) is 5.46. The van der Waals surface area contributed by atoms with Crippen LogP contribution in [0.5, 0.6) is 0 Å². The van der Waals surface area contributed by atoms with Gasteiger partial charge in [0.15, 0.2) is 0 Å². The van der Waals surface area contributed by atoms with Crippen molar-refractivity contribution in [2.75, 3.05) is 12.4 Å². The first-order chi connectivity index (χ1) is 12.8. The zero-order chi connectivity index (χ0) is 19.7. The summed E-state index contributed by atoms with van der Waals surface area (Å²) in [5, 5.41) is 3.34. The van der Waals surface area contributed by atoms with Crippen molar-refractivity contribution in [1.82, 2.24) is 9.55 Å². The Hall–Kier alpha value is -2.48. The minimum absolute atomic E-state index is 0.366. The van der Waals surface area contributed by atoms with Crippen molar-refractivity contribution in [2.45, 2.75) is 52.5 Å². The monoisotopic (exact) mass is 389 g/mol. The van der Waals surface area contributed by atoms with Crippen LogP contribution < -0.4 is 11.0 Å². The Morgan fingerprint density at radius 3 is 2.67 bits per heavy atom. The summed E-state index contributed by atoms with van der Waals surface area (Å²) >= 11 is 1.42. The van der Waals surface area contributed by atoms with Gasteiger partial charge in [-0.15, -0.1) is 11.3 Å². The number of fused-ring (bicyclic) bond motifs is 1. The summed E-state index contributed by atoms with van der Waals surface area (Å²) in [4.78, 5) is 42.4. The third kappa shape index (κ3) is 3.66. The van der Waals surface area contributed by atoms with E-state index in [1.54, 1.807) is 26.8 Å². The van der Waals surface area contributed by atoms with Gasteiger partial charge in [0.2, 0.25) is 5.91 Å². The number of nitrogens with one attached hydrogen (secondary N) is 1. The number of hydrogen-bond acceptors (Lipinski definition) is 6. The molecule has 1 unspecified atom stereocenters. The fraction of sp³-hybridized carbons (Fsp3) is 0.474. The number of aryl methyl sites for hydroxylation is 3. The quantitative estimate of drug-likeness (QED) is 0.812. The van der Waals surface area contributed by atoms with Gasteiger partial charge in [-0.2, -0.15) is 4.98 Å². The van der Waals surface area contributed by atoms with Crippen molar-refractivity contribution in [3.63, 3.8) is 0 Å². The highest BCUT2D eigenvalue weighted by Gasteiger charge is 2.28. The van der Waals surface area contributed by atoms with E-state index >= 15 is 0 Å². The van der Waals surface area contributed by atoms with Crippen LogP contribution in [0.3, 0.4) is 0 Å². The lowest BCUT2D eigenvalue weighted by Gasteiger charge is -2.17. The number of methoxy groups -OCH3 is 1. The van der Waals surface area contributed by atoms with Gasteiger partial charge < -0.3 is 10.1 Å². The molecule has 0 aromatic carbocycles. The average molecular weight is 389 g/mol. The summed E-state index contributed by atoms with van der Waals surface area (Å²) in [7, 11) is 1.34. The van der Waals surface area contributed by atoms with Gasteiger partial charge in [-0.3, -0.25) is 9.36 Å². The molecule has 27 heavy (non-hydrogen) atoms. The lowest BCUT2D eigenvalue weighted by molar-refractivity contribution is -0.118. The molecule has 0 saturated carbocycles. The molecule has 0 bridgehead atoms. The number of hydrogen-bond donors (Lipinski definition) is 1. The normalized spacial score (nSPS) is 14.4. The Morgan fingerprint density at radius 2 is 2.00 bits per heavy atom. The van der Waals surface area contributed by atoms with Crippen LogP contribution in [0.1, 0.15) is 58.0 Å². The number of carbonyl (C=O) groups excluding carboxylic acids is 2. The maximum Gasteiger partial charge on any atom is 0.348 e. The van der Waals surface area contributed by atoms with Crippen LogP contribution in [-0.4, -0.2) is 28.5 Å². The SMILES string of the molecule is COC(=O)c1c(NC(=O)C(C)n2c(C)cc(C)nc2=O)sc2c1CCCC2. The van der Waals surface area contributed by atoms with Gasteiger partial charge in [-0.25, -0.2) is 9.59 Å². The summed E-state index contributed by atoms with van der Waals surface area (Å²) in [6.45, 7) is 5.15. The molecule has 1 N–H and O–H groups in total. The molecule has 144 valence electrons. The Bertz CT molecular complexity index is 961. The predicted octanol–water partition coefficient (Wildman–Crippen LogP) is 2.79. The number of thiophene rings is 1. The predicted molar refractivity (Wildman–Crippen MR) is 104 cm³/mol. The van der Waals surface area contributed by atoms with Crippen LogP contribution in [-0.2, 0) is 22.4 Å². The lowest BCUT2D eigenvalue weighted by Crippen LogP contribution is -2.34. The molecular formula is C19H23N3O4S. The zero-order valence-corrected chi connectivity index (χ0v) is 16.7. The molecule has 0 radical (unpaired) electrons. The van der Waals surface area contributed by atoms with Crippen LogP contribution in [0.25, 0.3) is 0 Å². The third-order valence-electron chi connectivity index (χ3n) is 4.84. The molecule has 1 atom stereocenters. The third-order valence-corrected chi connectivity index (χ3v) is 6.05. The van der Waals surface area contributed by atoms with E-state index in [4.69, 9.17) is 4.74 Å². The molecular weight excluding hydrogens is 366 g/mol. The Balaban J connectivity index is 1.94. The Morgan fingerprint density at radius 1 is 1.30 bits per heavy atom. The lowest BCUT2D eigenvalue weighted by atomic mass is 9.95. The van der Waals surface area contributed by atoms with E-state index in [9.17, 15) is 14.4 Å². The minimum Gasteiger partial charge on any atom is -0.465 e. The standard InChI is InChI=1S/C19H23N3O4S/c1-10-9-11(2)22(19(25)20-10)12(3)16(23)21-17-15(18(24)26-4)13-7-5-6-8-14(13)27-17/h9,12H,5-8H2,1-4H3,(H,21,23). The fourth-order valence-corrected chi connectivity index (χ4v) is 4.82. The van der Waals surface area contributed by atoms with E-state index in [1.807, 2.05) is 0 Å². The van der Waals surface area contributed by atoms with Gasteiger partial charge in [-0.05, 0) is 58.1 Å². The summed E-state index contributed by atoms with van der Waals surface area (Å²) < 4.78 is 6.29. The Labute approximate surface area is 161 Å². The van der Waals surface area contributed by atoms with Crippen molar-refractivity contribution in [1.29, 1.82) is 0 Å². The molecule has 0 fully saturated rings. The van der Waals surface area contributed by atoms with Crippen LogP contribution in [0, 0.1) is 13.8 Å². The number of aromatic nitrogens is 2. The highest BCUT2D eigenvalue weighted by atomic mass is 32.1. The van der Waals surface area contributed by atoms with Crippen LogP contribution >= 0.6 is 11.3 Å². The largest absolute Gasteiger partial charge is 0.465 e. The second-order valence-corrected chi connectivity index (χ2v) is 7.87. The van der Waals surface area contributed by atoms with Crippen LogP contribution in [0.15, 0.2) is 10.9 Å². The first-order valence-corrected chi connectivity index (χ1v) is 9.75. The summed E-state index contributed by atoms with van der Waals surface area (Å²) in [6.07, 6.45) is 3.79. The van der Waals surface area contributed by atoms with E-state index in [0.717, 1.165) is 36.1 Å². The van der Waals surface area contributed by atoms with E-state index in [-0.39, 0.29) is 5.91 Å². The van der Waals surface area contributed by atoms with Gasteiger partial charge in [0.25, 0.3) is 0 Å². The highest BCUT2D eigenvalue weighted by Crippen LogP contribution is 2.38. The van der Waals surface area contributed by atoms with Crippen LogP contribution in [0.4, 0.5) is 5.00 Å². The van der Waals surface area contributed by atoms with Gasteiger partial charge >= 0.3 is 11.7 Å². The minimum atomic E-state index is -0.754. The fourth-order valence-electron chi connectivity index (χ4n) is 3.54. The van der Waals surface area contributed by atoms with E-state index in [1.165, 1.54) is 23.0 Å². The molecule has 8 heteroatoms.